The first-order valence-electron chi connectivity index (χ1n) is 17.8. The van der Waals surface area contributed by atoms with Crippen LogP contribution in [-0.4, -0.2) is 59.0 Å². The SMILES string of the molecule is O=C(CC1CCCN1C(=O)OCc1ccccc1)Nc1ccc(C=Cc2ccc(NC(=O)CC3CCCN3C(=O)OCc3ccccc3)cc2)cc1. The third-order valence-electron chi connectivity index (χ3n) is 9.33. The van der Waals surface area contributed by atoms with Crippen molar-refractivity contribution in [2.45, 2.75) is 63.8 Å². The molecule has 0 bridgehead atoms. The Balaban J connectivity index is 0.920. The van der Waals surface area contributed by atoms with Gasteiger partial charge in [-0.3, -0.25) is 9.59 Å². The molecule has 0 radical (unpaired) electrons. The van der Waals surface area contributed by atoms with Gasteiger partial charge in [0.05, 0.1) is 0 Å². The minimum Gasteiger partial charge on any atom is -0.445 e. The second-order valence-corrected chi connectivity index (χ2v) is 13.1. The molecule has 0 spiro atoms. The Morgan fingerprint density at radius 2 is 0.942 bits per heavy atom. The van der Waals surface area contributed by atoms with Crippen LogP contribution < -0.4 is 10.6 Å². The van der Waals surface area contributed by atoms with Crippen LogP contribution >= 0.6 is 0 Å². The van der Waals surface area contributed by atoms with E-state index in [1.807, 2.05) is 121 Å². The van der Waals surface area contributed by atoms with Gasteiger partial charge < -0.3 is 29.9 Å². The average molecular weight is 701 g/mol. The summed E-state index contributed by atoms with van der Waals surface area (Å²) >= 11 is 0. The summed E-state index contributed by atoms with van der Waals surface area (Å²) in [5, 5.41) is 5.90. The molecule has 0 aliphatic carbocycles. The molecule has 10 nitrogen and oxygen atoms in total. The van der Waals surface area contributed by atoms with Crippen molar-refractivity contribution in [2.24, 2.45) is 0 Å². The molecule has 4 amide bonds. The number of hydrogen-bond donors (Lipinski definition) is 2. The first-order chi connectivity index (χ1) is 25.4. The molecular weight excluding hydrogens is 656 g/mol. The molecular formula is C42H44N4O6. The maximum atomic E-state index is 12.9. The van der Waals surface area contributed by atoms with E-state index in [0.717, 1.165) is 47.9 Å². The minimum absolute atomic E-state index is 0.148. The zero-order valence-corrected chi connectivity index (χ0v) is 29.1. The Morgan fingerprint density at radius 3 is 1.33 bits per heavy atom. The lowest BCUT2D eigenvalue weighted by Crippen LogP contribution is -2.38. The van der Waals surface area contributed by atoms with E-state index in [9.17, 15) is 19.2 Å². The predicted molar refractivity (Wildman–Crippen MR) is 201 cm³/mol. The van der Waals surface area contributed by atoms with Crippen molar-refractivity contribution >= 4 is 47.5 Å². The highest BCUT2D eigenvalue weighted by Crippen LogP contribution is 2.24. The van der Waals surface area contributed by atoms with E-state index in [4.69, 9.17) is 9.47 Å². The molecule has 268 valence electrons. The summed E-state index contributed by atoms with van der Waals surface area (Å²) in [5.41, 5.74) is 5.13. The number of likely N-dealkylation sites (tertiary alicyclic amines) is 2. The van der Waals surface area contributed by atoms with Crippen LogP contribution in [0.3, 0.4) is 0 Å². The molecule has 2 saturated heterocycles. The third-order valence-corrected chi connectivity index (χ3v) is 9.33. The minimum atomic E-state index is -0.388. The Hall–Kier alpha value is -5.90. The summed E-state index contributed by atoms with van der Waals surface area (Å²) < 4.78 is 11.0. The van der Waals surface area contributed by atoms with Gasteiger partial charge in [-0.15, -0.1) is 0 Å². The van der Waals surface area contributed by atoms with Crippen LogP contribution in [-0.2, 0) is 32.3 Å². The van der Waals surface area contributed by atoms with Crippen molar-refractivity contribution in [3.63, 3.8) is 0 Å². The number of nitrogens with zero attached hydrogens (tertiary/aromatic N) is 2. The fraction of sp³-hybridized carbons (Fsp3) is 0.286. The maximum absolute atomic E-state index is 12.9. The fourth-order valence-corrected chi connectivity index (χ4v) is 6.58. The van der Waals surface area contributed by atoms with Crippen molar-refractivity contribution in [3.8, 4) is 0 Å². The highest BCUT2D eigenvalue weighted by Gasteiger charge is 2.32. The molecule has 10 heteroatoms. The van der Waals surface area contributed by atoms with Crippen molar-refractivity contribution in [2.75, 3.05) is 23.7 Å². The fourth-order valence-electron chi connectivity index (χ4n) is 6.58. The second kappa shape index (κ2) is 17.8. The van der Waals surface area contributed by atoms with Gasteiger partial charge in [0.1, 0.15) is 13.2 Å². The lowest BCUT2D eigenvalue weighted by Gasteiger charge is -2.23. The number of carbonyl (C=O) groups is 4. The topological polar surface area (TPSA) is 117 Å². The maximum Gasteiger partial charge on any atom is 0.410 e. The number of amides is 4. The van der Waals surface area contributed by atoms with E-state index in [-0.39, 0.29) is 62.1 Å². The van der Waals surface area contributed by atoms with Crippen LogP contribution in [0.5, 0.6) is 0 Å². The van der Waals surface area contributed by atoms with Gasteiger partial charge >= 0.3 is 12.2 Å². The third kappa shape index (κ3) is 10.3. The smallest absolute Gasteiger partial charge is 0.410 e. The summed E-state index contributed by atoms with van der Waals surface area (Å²) in [6.07, 6.45) is 6.79. The number of benzene rings is 4. The van der Waals surface area contributed by atoms with E-state index < -0.39 is 0 Å². The zero-order valence-electron chi connectivity index (χ0n) is 29.1. The van der Waals surface area contributed by atoms with E-state index in [0.29, 0.717) is 24.5 Å². The van der Waals surface area contributed by atoms with Crippen LogP contribution in [0.2, 0.25) is 0 Å². The molecule has 2 fully saturated rings. The van der Waals surface area contributed by atoms with Crippen molar-refractivity contribution in [1.29, 1.82) is 0 Å². The van der Waals surface area contributed by atoms with Gasteiger partial charge in [0.25, 0.3) is 0 Å². The molecule has 6 rings (SSSR count). The summed E-state index contributed by atoms with van der Waals surface area (Å²) in [5.74, 6) is -0.296. The second-order valence-electron chi connectivity index (χ2n) is 13.1. The van der Waals surface area contributed by atoms with Gasteiger partial charge in [-0.1, -0.05) is 97.1 Å². The summed E-state index contributed by atoms with van der Waals surface area (Å²) in [6.45, 7) is 1.58. The van der Waals surface area contributed by atoms with E-state index in [1.165, 1.54) is 0 Å². The molecule has 2 N–H and O–H groups in total. The zero-order chi connectivity index (χ0) is 36.1. The number of carbonyl (C=O) groups excluding carboxylic acids is 4. The number of anilines is 2. The Bertz CT molecular complexity index is 1700. The molecule has 0 aromatic heterocycles. The molecule has 2 aliphatic rings. The highest BCUT2D eigenvalue weighted by atomic mass is 16.6. The molecule has 2 aliphatic heterocycles. The molecule has 0 saturated carbocycles. The number of nitrogens with one attached hydrogen (secondary N) is 2. The molecule has 52 heavy (non-hydrogen) atoms. The first-order valence-corrected chi connectivity index (χ1v) is 17.8. The van der Waals surface area contributed by atoms with Crippen molar-refractivity contribution < 1.29 is 28.7 Å². The molecule has 2 unspecified atom stereocenters. The molecule has 4 aromatic carbocycles. The quantitative estimate of drug-likeness (QED) is 0.144. The van der Waals surface area contributed by atoms with Crippen LogP contribution in [0.4, 0.5) is 21.0 Å². The van der Waals surface area contributed by atoms with E-state index >= 15 is 0 Å². The predicted octanol–water partition coefficient (Wildman–Crippen LogP) is 8.12. The van der Waals surface area contributed by atoms with Crippen LogP contribution in [0.1, 0.15) is 60.8 Å². The Morgan fingerprint density at radius 1 is 0.558 bits per heavy atom. The largest absolute Gasteiger partial charge is 0.445 e. The Kier molecular flexibility index (Phi) is 12.3. The van der Waals surface area contributed by atoms with Gasteiger partial charge in [0.2, 0.25) is 11.8 Å². The highest BCUT2D eigenvalue weighted by molar-refractivity contribution is 5.92. The van der Waals surface area contributed by atoms with Gasteiger partial charge in [-0.05, 0) is 72.2 Å². The van der Waals surface area contributed by atoms with Crippen LogP contribution in [0.15, 0.2) is 109 Å². The van der Waals surface area contributed by atoms with Gasteiger partial charge in [-0.25, -0.2) is 9.59 Å². The summed E-state index contributed by atoms with van der Waals surface area (Å²) in [6, 6.07) is 33.8. The number of rotatable bonds is 12. The Labute approximate surface area is 304 Å². The van der Waals surface area contributed by atoms with Gasteiger partial charge in [0.15, 0.2) is 0 Å². The summed E-state index contributed by atoms with van der Waals surface area (Å²) in [7, 11) is 0. The lowest BCUT2D eigenvalue weighted by atomic mass is 10.1. The van der Waals surface area contributed by atoms with Crippen LogP contribution in [0.25, 0.3) is 12.2 Å². The molecule has 2 heterocycles. The van der Waals surface area contributed by atoms with Crippen molar-refractivity contribution in [1.82, 2.24) is 9.80 Å². The van der Waals surface area contributed by atoms with Gasteiger partial charge in [-0.2, -0.15) is 0 Å². The number of ether oxygens (including phenoxy) is 2. The normalized spacial score (nSPS) is 16.8. The lowest BCUT2D eigenvalue weighted by molar-refractivity contribution is -0.118. The van der Waals surface area contributed by atoms with Gasteiger partial charge in [0, 0.05) is 49.4 Å². The standard InChI is InChI=1S/C42H44N4O6/c47-39(27-37-13-7-25-45(37)41(49)51-29-33-9-3-1-4-10-33)43-35-21-17-31(18-22-35)15-16-32-19-23-36(24-20-32)44-40(48)28-38-14-8-26-46(38)42(50)52-30-34-11-5-2-6-12-34/h1-6,9-12,15-24,37-38H,7-8,13-14,25-30H2,(H,43,47)(H,44,48). The van der Waals surface area contributed by atoms with Crippen molar-refractivity contribution in [3.05, 3.63) is 131 Å². The van der Waals surface area contributed by atoms with E-state index in [2.05, 4.69) is 10.6 Å². The summed E-state index contributed by atoms with van der Waals surface area (Å²) in [4.78, 5) is 54.4. The average Bonchev–Trinajstić information content (AvgIpc) is 3.83. The first kappa shape index (κ1) is 35.9. The molecule has 2 atom stereocenters. The monoisotopic (exact) mass is 700 g/mol. The number of hydrogen-bond acceptors (Lipinski definition) is 6. The van der Waals surface area contributed by atoms with Crippen LogP contribution in [0, 0.1) is 0 Å². The molecule has 4 aromatic rings. The van der Waals surface area contributed by atoms with E-state index in [1.54, 1.807) is 9.80 Å².